The molecule has 0 bridgehead atoms. The summed E-state index contributed by atoms with van der Waals surface area (Å²) >= 11 is 0. The number of piperazine rings is 1. The van der Waals surface area contributed by atoms with Crippen molar-refractivity contribution in [3.05, 3.63) is 59.7 Å². The molecular weight excluding hydrogens is 564 g/mol. The van der Waals surface area contributed by atoms with Gasteiger partial charge in [0.05, 0.1) is 26.1 Å². The summed E-state index contributed by atoms with van der Waals surface area (Å²) in [6, 6.07) is 13.0. The van der Waals surface area contributed by atoms with Crippen LogP contribution in [0.15, 0.2) is 48.5 Å². The third-order valence-electron chi connectivity index (χ3n) is 9.74. The lowest BCUT2D eigenvalue weighted by Gasteiger charge is -2.44. The van der Waals surface area contributed by atoms with Crippen molar-refractivity contribution < 1.29 is 38.9 Å². The van der Waals surface area contributed by atoms with E-state index in [4.69, 9.17) is 9.47 Å². The number of hydrogen-bond donors (Lipinski definition) is 2. The maximum Gasteiger partial charge on any atom is 0.229 e. The van der Waals surface area contributed by atoms with E-state index in [9.17, 15) is 29.4 Å². The lowest BCUT2D eigenvalue weighted by Crippen LogP contribution is -2.60. The van der Waals surface area contributed by atoms with Gasteiger partial charge in [-0.15, -0.1) is 0 Å². The third kappa shape index (κ3) is 5.97. The third-order valence-corrected chi connectivity index (χ3v) is 9.74. The Bertz CT molecular complexity index is 1260. The number of benzene rings is 2. The van der Waals surface area contributed by atoms with Gasteiger partial charge in [0.2, 0.25) is 11.8 Å². The Hall–Kier alpha value is -3.76. The molecule has 1 saturated heterocycles. The number of nitrogens with zero attached hydrogens (tertiary/aromatic N) is 2. The predicted molar refractivity (Wildman–Crippen MR) is 162 cm³/mol. The second-order valence-corrected chi connectivity index (χ2v) is 12.2. The van der Waals surface area contributed by atoms with Crippen LogP contribution in [-0.4, -0.2) is 95.0 Å². The van der Waals surface area contributed by atoms with Gasteiger partial charge in [0.15, 0.2) is 11.6 Å². The minimum absolute atomic E-state index is 0.204. The van der Waals surface area contributed by atoms with Crippen molar-refractivity contribution in [2.45, 2.75) is 62.6 Å². The fourth-order valence-electron chi connectivity index (χ4n) is 7.08. The van der Waals surface area contributed by atoms with Crippen molar-refractivity contribution in [3.8, 4) is 11.5 Å². The Morgan fingerprint density at radius 1 is 0.614 bits per heavy atom. The first-order valence-electron chi connectivity index (χ1n) is 15.5. The molecule has 4 atom stereocenters. The second kappa shape index (κ2) is 13.1. The van der Waals surface area contributed by atoms with Crippen LogP contribution in [0.3, 0.4) is 0 Å². The fourth-order valence-corrected chi connectivity index (χ4v) is 7.08. The number of amides is 2. The van der Waals surface area contributed by atoms with Gasteiger partial charge in [-0.1, -0.05) is 25.7 Å². The number of carbonyl (C=O) groups excluding carboxylic acids is 4. The maximum absolute atomic E-state index is 13.8. The van der Waals surface area contributed by atoms with Crippen LogP contribution in [0.5, 0.6) is 11.5 Å². The number of ether oxygens (including phenoxy) is 2. The summed E-state index contributed by atoms with van der Waals surface area (Å²) < 4.78 is 10.4. The smallest absolute Gasteiger partial charge is 0.229 e. The van der Waals surface area contributed by atoms with Crippen LogP contribution in [-0.2, 0) is 9.59 Å². The SMILES string of the molecule is COc1ccc(C(=O)C2(O)CCCCC2C(=O)N2CCN(C(=O)C3CCCCC3(O)C(=O)c3ccc(OC)cc3)CC2)cc1. The first-order valence-corrected chi connectivity index (χ1v) is 15.5. The maximum atomic E-state index is 13.8. The molecule has 4 unspecified atom stereocenters. The molecule has 2 saturated carbocycles. The Morgan fingerprint density at radius 2 is 0.955 bits per heavy atom. The van der Waals surface area contributed by atoms with Gasteiger partial charge in [-0.3, -0.25) is 19.2 Å². The zero-order valence-corrected chi connectivity index (χ0v) is 25.5. The van der Waals surface area contributed by atoms with E-state index in [1.165, 1.54) is 14.2 Å². The molecule has 1 heterocycles. The molecule has 2 amide bonds. The molecule has 10 heteroatoms. The van der Waals surface area contributed by atoms with Gasteiger partial charge in [-0.05, 0) is 74.2 Å². The van der Waals surface area contributed by atoms with Crippen molar-refractivity contribution in [1.29, 1.82) is 0 Å². The molecule has 1 aliphatic heterocycles. The van der Waals surface area contributed by atoms with Crippen molar-refractivity contribution in [1.82, 2.24) is 9.80 Å². The average molecular weight is 607 g/mol. The molecule has 0 spiro atoms. The molecule has 236 valence electrons. The molecule has 5 rings (SSSR count). The molecule has 3 aliphatic rings. The van der Waals surface area contributed by atoms with E-state index in [-0.39, 0.29) is 50.8 Å². The standard InChI is InChI=1S/C34H42N2O8/c1-43-25-13-9-23(10-14-25)29(37)33(41)17-5-3-7-27(33)31(39)35-19-21-36(22-20-35)32(40)28-8-4-6-18-34(28,42)30(38)24-11-15-26(44-2)16-12-24/h9-16,27-28,41-42H,3-8,17-22H2,1-2H3. The highest BCUT2D eigenvalue weighted by molar-refractivity contribution is 6.06. The monoisotopic (exact) mass is 606 g/mol. The van der Waals surface area contributed by atoms with Crippen molar-refractivity contribution in [2.75, 3.05) is 40.4 Å². The average Bonchev–Trinajstić information content (AvgIpc) is 3.07. The van der Waals surface area contributed by atoms with Gasteiger partial charge in [0, 0.05) is 37.3 Å². The summed E-state index contributed by atoms with van der Waals surface area (Å²) in [5, 5.41) is 23.3. The van der Waals surface area contributed by atoms with Gasteiger partial charge in [-0.2, -0.15) is 0 Å². The zero-order valence-electron chi connectivity index (χ0n) is 25.5. The first-order chi connectivity index (χ1) is 21.1. The molecular formula is C34H42N2O8. The first kappa shape index (κ1) is 31.7. The lowest BCUT2D eigenvalue weighted by molar-refractivity contribution is -0.154. The Labute approximate surface area is 257 Å². The summed E-state index contributed by atoms with van der Waals surface area (Å²) in [6.07, 6.45) is 3.96. The minimum atomic E-state index is -1.81. The Balaban J connectivity index is 1.25. The van der Waals surface area contributed by atoms with Crippen LogP contribution in [0.1, 0.15) is 72.1 Å². The van der Waals surface area contributed by atoms with E-state index in [1.807, 2.05) is 0 Å². The van der Waals surface area contributed by atoms with Crippen LogP contribution in [0.2, 0.25) is 0 Å². The van der Waals surface area contributed by atoms with E-state index in [2.05, 4.69) is 0 Å². The minimum Gasteiger partial charge on any atom is -0.497 e. The van der Waals surface area contributed by atoms with E-state index >= 15 is 0 Å². The number of methoxy groups -OCH3 is 2. The van der Waals surface area contributed by atoms with Gasteiger partial charge in [0.25, 0.3) is 0 Å². The molecule has 3 fully saturated rings. The number of carbonyl (C=O) groups is 4. The van der Waals surface area contributed by atoms with Crippen molar-refractivity contribution in [2.24, 2.45) is 11.8 Å². The Morgan fingerprint density at radius 3 is 1.27 bits per heavy atom. The molecule has 0 aromatic heterocycles. The van der Waals surface area contributed by atoms with Gasteiger partial charge in [0.1, 0.15) is 22.7 Å². The molecule has 0 radical (unpaired) electrons. The van der Waals surface area contributed by atoms with Crippen molar-refractivity contribution >= 4 is 23.4 Å². The largest absolute Gasteiger partial charge is 0.497 e. The molecule has 2 aromatic rings. The quantitative estimate of drug-likeness (QED) is 0.438. The van der Waals surface area contributed by atoms with Crippen LogP contribution in [0, 0.1) is 11.8 Å². The number of aliphatic hydroxyl groups is 2. The molecule has 2 aliphatic carbocycles. The van der Waals surface area contributed by atoms with Crippen molar-refractivity contribution in [3.63, 3.8) is 0 Å². The highest BCUT2D eigenvalue weighted by atomic mass is 16.5. The summed E-state index contributed by atoms with van der Waals surface area (Å²) in [7, 11) is 3.07. The molecule has 10 nitrogen and oxygen atoms in total. The van der Waals surface area contributed by atoms with Gasteiger partial charge < -0.3 is 29.5 Å². The number of ketones is 2. The molecule has 2 N–H and O–H groups in total. The van der Waals surface area contributed by atoms with Crippen LogP contribution in [0.4, 0.5) is 0 Å². The van der Waals surface area contributed by atoms with Crippen LogP contribution < -0.4 is 9.47 Å². The summed E-state index contributed by atoms with van der Waals surface area (Å²) in [6.45, 7) is 0.966. The van der Waals surface area contributed by atoms with E-state index in [0.29, 0.717) is 48.3 Å². The highest BCUT2D eigenvalue weighted by Gasteiger charge is 2.52. The van der Waals surface area contributed by atoms with Crippen LogP contribution in [0.25, 0.3) is 0 Å². The lowest BCUT2D eigenvalue weighted by atomic mass is 9.70. The summed E-state index contributed by atoms with van der Waals surface area (Å²) in [5.74, 6) is -2.08. The van der Waals surface area contributed by atoms with E-state index in [1.54, 1.807) is 58.3 Å². The van der Waals surface area contributed by atoms with E-state index in [0.717, 1.165) is 12.8 Å². The van der Waals surface area contributed by atoms with Crippen LogP contribution >= 0.6 is 0 Å². The number of hydrogen-bond acceptors (Lipinski definition) is 8. The zero-order chi connectivity index (χ0) is 31.5. The second-order valence-electron chi connectivity index (χ2n) is 12.2. The molecule has 44 heavy (non-hydrogen) atoms. The van der Waals surface area contributed by atoms with Gasteiger partial charge >= 0.3 is 0 Å². The predicted octanol–water partition coefficient (Wildman–Crippen LogP) is 3.28. The normalized spacial score (nSPS) is 27.4. The Kier molecular flexibility index (Phi) is 9.41. The number of rotatable bonds is 8. The number of Topliss-reactive ketones (excluding diaryl/α,β-unsaturated/α-hetero) is 2. The summed E-state index contributed by atoms with van der Waals surface area (Å²) in [4.78, 5) is 57.8. The topological polar surface area (TPSA) is 134 Å². The van der Waals surface area contributed by atoms with Gasteiger partial charge in [-0.25, -0.2) is 0 Å². The summed E-state index contributed by atoms with van der Waals surface area (Å²) in [5.41, 5.74) is -2.96. The van der Waals surface area contributed by atoms with E-state index < -0.39 is 34.6 Å². The highest BCUT2D eigenvalue weighted by Crippen LogP contribution is 2.40. The fraction of sp³-hybridized carbons (Fsp3) is 0.529. The molecule has 2 aromatic carbocycles.